The highest BCUT2D eigenvalue weighted by atomic mass is 16.1. The molecule has 0 radical (unpaired) electrons. The van der Waals surface area contributed by atoms with Gasteiger partial charge in [0, 0.05) is 6.42 Å². The fourth-order valence-electron chi connectivity index (χ4n) is 2.84. The third kappa shape index (κ3) is 16.0. The molecule has 0 spiro atoms. The lowest BCUT2D eigenvalue weighted by molar-refractivity contribution is -0.120. The molecule has 22 heavy (non-hydrogen) atoms. The highest BCUT2D eigenvalue weighted by Gasteiger charge is 2.06. The number of ketones is 1. The summed E-state index contributed by atoms with van der Waals surface area (Å²) in [7, 11) is 0. The van der Waals surface area contributed by atoms with Gasteiger partial charge in [0.1, 0.15) is 6.17 Å². The van der Waals surface area contributed by atoms with E-state index in [1.165, 1.54) is 83.5 Å². The third-order valence-electron chi connectivity index (χ3n) is 4.40. The first kappa shape index (κ1) is 21.6. The molecule has 0 saturated heterocycles. The molecule has 3 heteroatoms. The second kappa shape index (κ2) is 17.0. The fourth-order valence-corrected chi connectivity index (χ4v) is 2.84. The standard InChI is InChI=1S/C19H40N2O/c1-2-3-4-5-6-7-8-9-10-11-12-13-14-15-16-17-18(22)19(20)21/h19H,2-17,20-21H2,1H3. The summed E-state index contributed by atoms with van der Waals surface area (Å²) in [6.07, 6.45) is 19.9. The maximum Gasteiger partial charge on any atom is 0.163 e. The molecule has 0 aliphatic heterocycles. The van der Waals surface area contributed by atoms with Gasteiger partial charge >= 0.3 is 0 Å². The Morgan fingerprint density at radius 1 is 0.636 bits per heavy atom. The summed E-state index contributed by atoms with van der Waals surface area (Å²) < 4.78 is 0. The zero-order valence-corrected chi connectivity index (χ0v) is 15.0. The van der Waals surface area contributed by atoms with Crippen molar-refractivity contribution >= 4 is 5.78 Å². The van der Waals surface area contributed by atoms with E-state index in [1.807, 2.05) is 0 Å². The summed E-state index contributed by atoms with van der Waals surface area (Å²) in [6.45, 7) is 2.27. The van der Waals surface area contributed by atoms with Crippen LogP contribution in [0.1, 0.15) is 110 Å². The van der Waals surface area contributed by atoms with Crippen molar-refractivity contribution in [2.24, 2.45) is 11.5 Å². The van der Waals surface area contributed by atoms with E-state index in [0.717, 1.165) is 12.8 Å². The molecule has 0 aromatic heterocycles. The van der Waals surface area contributed by atoms with Crippen LogP contribution in [-0.2, 0) is 4.79 Å². The molecule has 0 aromatic carbocycles. The van der Waals surface area contributed by atoms with Gasteiger partial charge < -0.3 is 11.5 Å². The normalized spacial score (nSPS) is 11.3. The Kier molecular flexibility index (Phi) is 16.6. The molecule has 0 atom stereocenters. The molecule has 0 heterocycles. The molecular formula is C19H40N2O. The van der Waals surface area contributed by atoms with E-state index < -0.39 is 6.17 Å². The maximum absolute atomic E-state index is 11.2. The minimum atomic E-state index is -0.772. The van der Waals surface area contributed by atoms with E-state index in [1.54, 1.807) is 0 Å². The summed E-state index contributed by atoms with van der Waals surface area (Å²) in [6, 6.07) is 0. The fraction of sp³-hybridized carbons (Fsp3) is 0.947. The van der Waals surface area contributed by atoms with E-state index in [4.69, 9.17) is 11.5 Å². The average Bonchev–Trinajstić information content (AvgIpc) is 2.50. The van der Waals surface area contributed by atoms with Gasteiger partial charge in [-0.2, -0.15) is 0 Å². The quantitative estimate of drug-likeness (QED) is 0.291. The van der Waals surface area contributed by atoms with Gasteiger partial charge in [0.25, 0.3) is 0 Å². The SMILES string of the molecule is CCCCCCCCCCCCCCCCCC(=O)C(N)N. The molecule has 0 amide bonds. The van der Waals surface area contributed by atoms with Crippen LogP contribution in [0.2, 0.25) is 0 Å². The predicted octanol–water partition coefficient (Wildman–Crippen LogP) is 5.06. The highest BCUT2D eigenvalue weighted by Crippen LogP contribution is 2.13. The van der Waals surface area contributed by atoms with E-state index in [0.29, 0.717) is 6.42 Å². The van der Waals surface area contributed by atoms with Gasteiger partial charge in [-0.25, -0.2) is 0 Å². The first-order valence-corrected chi connectivity index (χ1v) is 9.72. The summed E-state index contributed by atoms with van der Waals surface area (Å²) in [5, 5.41) is 0. The molecule has 0 fully saturated rings. The largest absolute Gasteiger partial charge is 0.310 e. The van der Waals surface area contributed by atoms with Gasteiger partial charge in [-0.15, -0.1) is 0 Å². The zero-order chi connectivity index (χ0) is 16.5. The monoisotopic (exact) mass is 312 g/mol. The number of carbonyl (C=O) groups is 1. The first-order chi connectivity index (χ1) is 10.7. The number of hydrogen-bond donors (Lipinski definition) is 2. The first-order valence-electron chi connectivity index (χ1n) is 9.72. The van der Waals surface area contributed by atoms with Crippen LogP contribution in [0.15, 0.2) is 0 Å². The molecule has 0 unspecified atom stereocenters. The summed E-state index contributed by atoms with van der Waals surface area (Å²) in [5.41, 5.74) is 10.6. The van der Waals surface area contributed by atoms with Crippen molar-refractivity contribution < 1.29 is 4.79 Å². The lowest BCUT2D eigenvalue weighted by Crippen LogP contribution is -2.38. The van der Waals surface area contributed by atoms with Crippen molar-refractivity contribution in [3.8, 4) is 0 Å². The second-order valence-corrected chi connectivity index (χ2v) is 6.69. The number of unbranched alkanes of at least 4 members (excludes halogenated alkanes) is 14. The van der Waals surface area contributed by atoms with Crippen LogP contribution < -0.4 is 11.5 Å². The molecule has 0 bridgehead atoms. The summed E-state index contributed by atoms with van der Waals surface area (Å²) >= 11 is 0. The minimum Gasteiger partial charge on any atom is -0.310 e. The predicted molar refractivity (Wildman–Crippen MR) is 96.7 cm³/mol. The van der Waals surface area contributed by atoms with E-state index in [9.17, 15) is 4.79 Å². The molecule has 0 aromatic rings. The van der Waals surface area contributed by atoms with Crippen LogP contribution in [-0.4, -0.2) is 11.9 Å². The maximum atomic E-state index is 11.2. The summed E-state index contributed by atoms with van der Waals surface area (Å²) in [4.78, 5) is 11.2. The number of Topliss-reactive ketones (excluding diaryl/α,β-unsaturated/α-hetero) is 1. The lowest BCUT2D eigenvalue weighted by atomic mass is 10.0. The molecule has 0 saturated carbocycles. The Balaban J connectivity index is 3.04. The van der Waals surface area contributed by atoms with Crippen molar-refractivity contribution in [3.63, 3.8) is 0 Å². The van der Waals surface area contributed by atoms with Crippen molar-refractivity contribution in [2.75, 3.05) is 0 Å². The van der Waals surface area contributed by atoms with Crippen molar-refractivity contribution in [3.05, 3.63) is 0 Å². The van der Waals surface area contributed by atoms with E-state index in [2.05, 4.69) is 6.92 Å². The topological polar surface area (TPSA) is 69.1 Å². The van der Waals surface area contributed by atoms with Crippen LogP contribution >= 0.6 is 0 Å². The zero-order valence-electron chi connectivity index (χ0n) is 15.0. The van der Waals surface area contributed by atoms with Gasteiger partial charge in [-0.1, -0.05) is 96.8 Å². The Morgan fingerprint density at radius 2 is 0.955 bits per heavy atom. The van der Waals surface area contributed by atoms with Crippen LogP contribution in [0, 0.1) is 0 Å². The molecular weight excluding hydrogens is 272 g/mol. The molecule has 3 nitrogen and oxygen atoms in total. The Morgan fingerprint density at radius 3 is 1.27 bits per heavy atom. The Labute approximate surface area is 138 Å². The smallest absolute Gasteiger partial charge is 0.163 e. The van der Waals surface area contributed by atoms with Crippen molar-refractivity contribution in [2.45, 2.75) is 116 Å². The van der Waals surface area contributed by atoms with Gasteiger partial charge in [-0.3, -0.25) is 4.79 Å². The average molecular weight is 313 g/mol. The summed E-state index contributed by atoms with van der Waals surface area (Å²) in [5.74, 6) is -0.00491. The van der Waals surface area contributed by atoms with Crippen LogP contribution in [0.3, 0.4) is 0 Å². The van der Waals surface area contributed by atoms with Crippen molar-refractivity contribution in [1.82, 2.24) is 0 Å². The van der Waals surface area contributed by atoms with E-state index in [-0.39, 0.29) is 5.78 Å². The second-order valence-electron chi connectivity index (χ2n) is 6.69. The number of carbonyl (C=O) groups excluding carboxylic acids is 1. The molecule has 0 aliphatic carbocycles. The molecule has 0 rings (SSSR count). The van der Waals surface area contributed by atoms with Crippen LogP contribution in [0.4, 0.5) is 0 Å². The molecule has 4 N–H and O–H groups in total. The minimum absolute atomic E-state index is 0.00491. The van der Waals surface area contributed by atoms with E-state index >= 15 is 0 Å². The van der Waals surface area contributed by atoms with Gasteiger partial charge in [-0.05, 0) is 6.42 Å². The van der Waals surface area contributed by atoms with Crippen molar-refractivity contribution in [1.29, 1.82) is 0 Å². The molecule has 0 aliphatic rings. The highest BCUT2D eigenvalue weighted by molar-refractivity contribution is 5.82. The molecule has 132 valence electrons. The van der Waals surface area contributed by atoms with Crippen LogP contribution in [0.25, 0.3) is 0 Å². The van der Waals surface area contributed by atoms with Gasteiger partial charge in [0.2, 0.25) is 0 Å². The number of nitrogens with two attached hydrogens (primary N) is 2. The van der Waals surface area contributed by atoms with Gasteiger partial charge in [0.15, 0.2) is 5.78 Å². The number of hydrogen-bond acceptors (Lipinski definition) is 3. The lowest BCUT2D eigenvalue weighted by Gasteiger charge is -2.04. The number of rotatable bonds is 17. The van der Waals surface area contributed by atoms with Gasteiger partial charge in [0.05, 0.1) is 0 Å². The van der Waals surface area contributed by atoms with Crippen LogP contribution in [0.5, 0.6) is 0 Å². The Bertz CT molecular complexity index is 242. The third-order valence-corrected chi connectivity index (χ3v) is 4.40. The Hall–Kier alpha value is -0.410.